The van der Waals surface area contributed by atoms with Crippen LogP contribution >= 0.6 is 0 Å². The van der Waals surface area contributed by atoms with Crippen molar-refractivity contribution in [1.82, 2.24) is 0 Å². The van der Waals surface area contributed by atoms with Crippen LogP contribution in [0.25, 0.3) is 0 Å². The third-order valence-corrected chi connectivity index (χ3v) is 8.98. The fourth-order valence-corrected chi connectivity index (χ4v) is 3.67. The van der Waals surface area contributed by atoms with Gasteiger partial charge in [-0.25, -0.2) is 0 Å². The fourth-order valence-electron chi connectivity index (χ4n) is 2.35. The quantitative estimate of drug-likeness (QED) is 0.810. The summed E-state index contributed by atoms with van der Waals surface area (Å²) in [6, 6.07) is 0. The average molecular weight is 304 g/mol. The molecule has 1 N–H and O–H groups in total. The van der Waals surface area contributed by atoms with Gasteiger partial charge in [-0.1, -0.05) is 20.8 Å². The minimum atomic E-state index is -1.96. The maximum absolute atomic E-state index is 9.52. The van der Waals surface area contributed by atoms with Crippen LogP contribution < -0.4 is 0 Å². The van der Waals surface area contributed by atoms with E-state index in [1.54, 1.807) is 0 Å². The van der Waals surface area contributed by atoms with Crippen molar-refractivity contribution in [2.24, 2.45) is 0 Å². The van der Waals surface area contributed by atoms with Gasteiger partial charge >= 0.3 is 0 Å². The molecule has 4 atom stereocenters. The van der Waals surface area contributed by atoms with E-state index in [4.69, 9.17) is 18.6 Å². The number of rotatable bonds is 3. The van der Waals surface area contributed by atoms with Gasteiger partial charge in [0.25, 0.3) is 0 Å². The number of hydrogen-bond donors (Lipinski definition) is 1. The lowest BCUT2D eigenvalue weighted by atomic mass is 10.1. The van der Waals surface area contributed by atoms with E-state index in [9.17, 15) is 5.11 Å². The first-order valence-electron chi connectivity index (χ1n) is 7.27. The second-order valence-corrected chi connectivity index (χ2v) is 12.4. The number of hydrogen-bond acceptors (Lipinski definition) is 5. The van der Waals surface area contributed by atoms with Crippen molar-refractivity contribution < 1.29 is 23.7 Å². The minimum Gasteiger partial charge on any atom is -0.408 e. The monoisotopic (exact) mass is 304 g/mol. The van der Waals surface area contributed by atoms with Gasteiger partial charge < -0.3 is 23.7 Å². The Kier molecular flexibility index (Phi) is 4.13. The minimum absolute atomic E-state index is 0.0839. The summed E-state index contributed by atoms with van der Waals surface area (Å²) in [5.74, 6) is -0.662. The van der Waals surface area contributed by atoms with Crippen LogP contribution in [0.1, 0.15) is 34.6 Å². The summed E-state index contributed by atoms with van der Waals surface area (Å²) in [5.41, 5.74) is 0. The Hall–Kier alpha value is 0.0169. The van der Waals surface area contributed by atoms with Gasteiger partial charge in [0.1, 0.15) is 18.3 Å². The van der Waals surface area contributed by atoms with E-state index in [1.807, 2.05) is 13.8 Å². The third kappa shape index (κ3) is 2.96. The molecular formula is C14H28O5Si. The number of fused-ring (bicyclic) bond motifs is 1. The van der Waals surface area contributed by atoms with E-state index in [-0.39, 0.29) is 30.0 Å². The Balaban J connectivity index is 2.16. The molecule has 2 heterocycles. The number of aliphatic hydroxyl groups is 1. The van der Waals surface area contributed by atoms with Crippen LogP contribution in [0.3, 0.4) is 0 Å². The van der Waals surface area contributed by atoms with Crippen LogP contribution in [0.2, 0.25) is 18.1 Å². The van der Waals surface area contributed by atoms with Gasteiger partial charge in [0.2, 0.25) is 0 Å². The second-order valence-electron chi connectivity index (χ2n) is 7.67. The summed E-state index contributed by atoms with van der Waals surface area (Å²) in [5, 5.41) is 9.62. The zero-order valence-corrected chi connectivity index (χ0v) is 14.6. The molecule has 20 heavy (non-hydrogen) atoms. The molecular weight excluding hydrogens is 276 g/mol. The highest BCUT2D eigenvalue weighted by Gasteiger charge is 2.57. The van der Waals surface area contributed by atoms with Crippen LogP contribution in [0, 0.1) is 0 Å². The SMILES string of the molecule is CC1(C)OC2OC(CO)C(O[Si](C)(C)C(C)(C)C)C2O1. The van der Waals surface area contributed by atoms with Crippen LogP contribution in [0.5, 0.6) is 0 Å². The molecule has 2 saturated heterocycles. The van der Waals surface area contributed by atoms with Gasteiger partial charge in [-0.3, -0.25) is 0 Å². The van der Waals surface area contributed by atoms with Crippen LogP contribution in [0.4, 0.5) is 0 Å². The molecule has 5 nitrogen and oxygen atoms in total. The lowest BCUT2D eigenvalue weighted by Crippen LogP contribution is -2.50. The van der Waals surface area contributed by atoms with Gasteiger partial charge in [0.05, 0.1) is 6.61 Å². The van der Waals surface area contributed by atoms with E-state index in [0.717, 1.165) is 0 Å². The molecule has 2 rings (SSSR count). The molecule has 6 heteroatoms. The van der Waals surface area contributed by atoms with Gasteiger partial charge in [-0.05, 0) is 32.0 Å². The molecule has 0 aromatic carbocycles. The Morgan fingerprint density at radius 3 is 2.30 bits per heavy atom. The highest BCUT2D eigenvalue weighted by molar-refractivity contribution is 6.74. The first kappa shape index (κ1) is 16.4. The molecule has 0 aromatic rings. The molecule has 0 radical (unpaired) electrons. The van der Waals surface area contributed by atoms with Crippen molar-refractivity contribution in [3.05, 3.63) is 0 Å². The van der Waals surface area contributed by atoms with Gasteiger partial charge in [-0.15, -0.1) is 0 Å². The van der Waals surface area contributed by atoms with E-state index < -0.39 is 20.4 Å². The van der Waals surface area contributed by atoms with Crippen molar-refractivity contribution in [3.8, 4) is 0 Å². The average Bonchev–Trinajstić information content (AvgIpc) is 2.70. The van der Waals surface area contributed by atoms with Crippen LogP contribution in [0.15, 0.2) is 0 Å². The second kappa shape index (κ2) is 5.03. The summed E-state index contributed by atoms with van der Waals surface area (Å²) < 4.78 is 23.8. The number of ether oxygens (including phenoxy) is 3. The van der Waals surface area contributed by atoms with Crippen molar-refractivity contribution in [2.75, 3.05) is 6.61 Å². The molecule has 118 valence electrons. The summed E-state index contributed by atoms with van der Waals surface area (Å²) in [6.07, 6.45) is -1.36. The summed E-state index contributed by atoms with van der Waals surface area (Å²) in [7, 11) is -1.96. The molecule has 2 fully saturated rings. The van der Waals surface area contributed by atoms with Crippen LogP contribution in [-0.2, 0) is 18.6 Å². The molecule has 0 bridgehead atoms. The predicted octanol–water partition coefficient (Wildman–Crippen LogP) is 2.25. The third-order valence-electron chi connectivity index (χ3n) is 4.50. The molecule has 4 unspecified atom stereocenters. The topological polar surface area (TPSA) is 57.2 Å². The van der Waals surface area contributed by atoms with Crippen molar-refractivity contribution >= 4 is 8.32 Å². The number of aliphatic hydroxyl groups excluding tert-OH is 1. The van der Waals surface area contributed by atoms with E-state index >= 15 is 0 Å². The van der Waals surface area contributed by atoms with Crippen molar-refractivity contribution in [1.29, 1.82) is 0 Å². The Morgan fingerprint density at radius 1 is 1.20 bits per heavy atom. The molecule has 0 amide bonds. The Bertz CT molecular complexity index is 363. The summed E-state index contributed by atoms with van der Waals surface area (Å²) >= 11 is 0. The molecule has 0 spiro atoms. The van der Waals surface area contributed by atoms with Gasteiger partial charge in [-0.2, -0.15) is 0 Å². The highest BCUT2D eigenvalue weighted by Crippen LogP contribution is 2.43. The summed E-state index contributed by atoms with van der Waals surface area (Å²) in [4.78, 5) is 0. The zero-order valence-electron chi connectivity index (χ0n) is 13.6. The van der Waals surface area contributed by atoms with Crippen LogP contribution in [-0.4, -0.2) is 50.4 Å². The fraction of sp³-hybridized carbons (Fsp3) is 1.00. The largest absolute Gasteiger partial charge is 0.408 e. The first-order chi connectivity index (χ1) is 8.97. The molecule has 2 aliphatic rings. The Labute approximate surface area is 122 Å². The standard InChI is InChI=1S/C14H28O5Si/c1-13(2,3)20(6,7)19-10-9(8-15)16-12-11(10)17-14(4,5)18-12/h9-12,15H,8H2,1-7H3. The lowest BCUT2D eigenvalue weighted by Gasteiger charge is -2.40. The normalized spacial score (nSPS) is 37.2. The maximum atomic E-state index is 9.52. The van der Waals surface area contributed by atoms with E-state index in [0.29, 0.717) is 0 Å². The molecule has 0 saturated carbocycles. The van der Waals surface area contributed by atoms with Gasteiger partial charge in [0, 0.05) is 0 Å². The lowest BCUT2D eigenvalue weighted by molar-refractivity contribution is -0.217. The predicted molar refractivity (Wildman–Crippen MR) is 77.9 cm³/mol. The van der Waals surface area contributed by atoms with E-state index in [1.165, 1.54) is 0 Å². The first-order valence-corrected chi connectivity index (χ1v) is 10.2. The maximum Gasteiger partial charge on any atom is 0.192 e. The molecule has 2 aliphatic heterocycles. The van der Waals surface area contributed by atoms with Gasteiger partial charge in [0.15, 0.2) is 20.4 Å². The highest BCUT2D eigenvalue weighted by atomic mass is 28.4. The van der Waals surface area contributed by atoms with Crippen molar-refractivity contribution in [2.45, 2.75) is 83.1 Å². The summed E-state index contributed by atoms with van der Waals surface area (Å²) in [6.45, 7) is 14.6. The smallest absolute Gasteiger partial charge is 0.192 e. The van der Waals surface area contributed by atoms with E-state index in [2.05, 4.69) is 33.9 Å². The zero-order chi connectivity index (χ0) is 15.3. The molecule has 0 aliphatic carbocycles. The van der Waals surface area contributed by atoms with Crippen molar-refractivity contribution in [3.63, 3.8) is 0 Å². The molecule has 0 aromatic heterocycles. The Morgan fingerprint density at radius 2 is 1.80 bits per heavy atom.